The fourth-order valence-corrected chi connectivity index (χ4v) is 2.03. The van der Waals surface area contributed by atoms with Crippen LogP contribution in [0.25, 0.3) is 22.5 Å². The standard InChI is InChI=1S/C14H13N5/c1-15-13-8-7-11(10-5-3-2-4-6-10)9-12(13)14-16-18-19-17-14/h2-9,15H,1H3,(H,16,17,18,19). The second-order valence-corrected chi connectivity index (χ2v) is 4.11. The van der Waals surface area contributed by atoms with Gasteiger partial charge in [0.05, 0.1) is 0 Å². The smallest absolute Gasteiger partial charge is 0.206 e. The first-order chi connectivity index (χ1) is 9.38. The van der Waals surface area contributed by atoms with Crippen LogP contribution in [0, 0.1) is 0 Å². The lowest BCUT2D eigenvalue weighted by molar-refractivity contribution is 0.881. The van der Waals surface area contributed by atoms with Gasteiger partial charge in [0.15, 0.2) is 0 Å². The average molecular weight is 251 g/mol. The topological polar surface area (TPSA) is 66.5 Å². The molecule has 0 amide bonds. The van der Waals surface area contributed by atoms with Gasteiger partial charge in [-0.25, -0.2) is 0 Å². The zero-order valence-electron chi connectivity index (χ0n) is 10.5. The second-order valence-electron chi connectivity index (χ2n) is 4.11. The summed E-state index contributed by atoms with van der Waals surface area (Å²) in [6.07, 6.45) is 0. The van der Waals surface area contributed by atoms with Crippen molar-refractivity contribution >= 4 is 5.69 Å². The normalized spacial score (nSPS) is 10.4. The first-order valence-corrected chi connectivity index (χ1v) is 5.99. The summed E-state index contributed by atoms with van der Waals surface area (Å²) in [4.78, 5) is 0. The summed E-state index contributed by atoms with van der Waals surface area (Å²) in [7, 11) is 1.88. The van der Waals surface area contributed by atoms with Crippen molar-refractivity contribution in [1.82, 2.24) is 20.6 Å². The Bertz CT molecular complexity index is 662. The summed E-state index contributed by atoms with van der Waals surface area (Å²) < 4.78 is 0. The molecule has 94 valence electrons. The van der Waals surface area contributed by atoms with E-state index in [2.05, 4.69) is 50.2 Å². The maximum Gasteiger partial charge on any atom is 0.206 e. The summed E-state index contributed by atoms with van der Waals surface area (Å²) in [5.74, 6) is 0.585. The number of anilines is 1. The Labute approximate surface area is 110 Å². The number of tetrazole rings is 1. The highest BCUT2D eigenvalue weighted by Gasteiger charge is 2.10. The lowest BCUT2D eigenvalue weighted by Crippen LogP contribution is -1.94. The molecule has 0 saturated heterocycles. The van der Waals surface area contributed by atoms with Crippen molar-refractivity contribution in [3.63, 3.8) is 0 Å². The number of nitrogens with one attached hydrogen (secondary N) is 2. The molecule has 0 aliphatic heterocycles. The van der Waals surface area contributed by atoms with Crippen LogP contribution >= 0.6 is 0 Å². The molecule has 5 nitrogen and oxygen atoms in total. The Kier molecular flexibility index (Phi) is 2.94. The lowest BCUT2D eigenvalue weighted by Gasteiger charge is -2.09. The number of hydrogen-bond donors (Lipinski definition) is 2. The average Bonchev–Trinajstić information content (AvgIpc) is 3.01. The van der Waals surface area contributed by atoms with Crippen LogP contribution in [0.3, 0.4) is 0 Å². The molecule has 19 heavy (non-hydrogen) atoms. The zero-order valence-corrected chi connectivity index (χ0v) is 10.5. The van der Waals surface area contributed by atoms with Crippen molar-refractivity contribution in [2.24, 2.45) is 0 Å². The van der Waals surface area contributed by atoms with E-state index < -0.39 is 0 Å². The molecule has 5 heteroatoms. The SMILES string of the molecule is CNc1ccc(-c2ccccc2)cc1-c1nn[nH]n1. The van der Waals surface area contributed by atoms with E-state index in [0.717, 1.165) is 22.4 Å². The Morgan fingerprint density at radius 3 is 2.53 bits per heavy atom. The largest absolute Gasteiger partial charge is 0.388 e. The fraction of sp³-hybridized carbons (Fsp3) is 0.0714. The maximum absolute atomic E-state index is 4.04. The van der Waals surface area contributed by atoms with Crippen LogP contribution in [0.5, 0.6) is 0 Å². The Hall–Kier alpha value is -2.69. The van der Waals surface area contributed by atoms with Gasteiger partial charge in [0, 0.05) is 18.3 Å². The molecule has 0 unspecified atom stereocenters. The van der Waals surface area contributed by atoms with Gasteiger partial charge in [-0.05, 0) is 28.5 Å². The monoisotopic (exact) mass is 251 g/mol. The molecular formula is C14H13N5. The van der Waals surface area contributed by atoms with Gasteiger partial charge in [-0.15, -0.1) is 10.2 Å². The van der Waals surface area contributed by atoms with Gasteiger partial charge in [-0.2, -0.15) is 5.21 Å². The van der Waals surface area contributed by atoms with Crippen LogP contribution in [0.15, 0.2) is 48.5 Å². The molecule has 2 N–H and O–H groups in total. The first kappa shape index (κ1) is 11.4. The van der Waals surface area contributed by atoms with Crippen LogP contribution in [0.1, 0.15) is 0 Å². The van der Waals surface area contributed by atoms with Gasteiger partial charge in [0.2, 0.25) is 5.82 Å². The predicted octanol–water partition coefficient (Wildman–Crippen LogP) is 2.58. The van der Waals surface area contributed by atoms with Crippen molar-refractivity contribution in [2.75, 3.05) is 12.4 Å². The molecule has 1 aromatic heterocycles. The number of hydrogen-bond acceptors (Lipinski definition) is 4. The quantitative estimate of drug-likeness (QED) is 0.750. The fourth-order valence-electron chi connectivity index (χ4n) is 2.03. The van der Waals surface area contributed by atoms with Crippen molar-refractivity contribution in [3.8, 4) is 22.5 Å². The third-order valence-corrected chi connectivity index (χ3v) is 2.98. The van der Waals surface area contributed by atoms with Crippen molar-refractivity contribution in [1.29, 1.82) is 0 Å². The molecule has 0 aliphatic carbocycles. The predicted molar refractivity (Wildman–Crippen MR) is 74.6 cm³/mol. The third-order valence-electron chi connectivity index (χ3n) is 2.98. The van der Waals surface area contributed by atoms with E-state index in [1.54, 1.807) is 0 Å². The minimum Gasteiger partial charge on any atom is -0.388 e. The molecule has 2 aromatic carbocycles. The molecule has 0 bridgehead atoms. The minimum absolute atomic E-state index is 0.585. The van der Waals surface area contributed by atoms with Crippen LogP contribution in [0.2, 0.25) is 0 Å². The van der Waals surface area contributed by atoms with Gasteiger partial charge < -0.3 is 5.32 Å². The number of nitrogens with zero attached hydrogens (tertiary/aromatic N) is 3. The summed E-state index contributed by atoms with van der Waals surface area (Å²) in [5, 5.41) is 17.3. The summed E-state index contributed by atoms with van der Waals surface area (Å²) in [6.45, 7) is 0. The van der Waals surface area contributed by atoms with E-state index >= 15 is 0 Å². The molecular weight excluding hydrogens is 238 g/mol. The van der Waals surface area contributed by atoms with Crippen LogP contribution in [-0.2, 0) is 0 Å². The van der Waals surface area contributed by atoms with Crippen LogP contribution in [0.4, 0.5) is 5.69 Å². The third kappa shape index (κ3) is 2.18. The van der Waals surface area contributed by atoms with E-state index in [0.29, 0.717) is 5.82 Å². The zero-order chi connectivity index (χ0) is 13.1. The van der Waals surface area contributed by atoms with Gasteiger partial charge >= 0.3 is 0 Å². The van der Waals surface area contributed by atoms with Crippen molar-refractivity contribution < 1.29 is 0 Å². The van der Waals surface area contributed by atoms with Crippen molar-refractivity contribution in [2.45, 2.75) is 0 Å². The number of aromatic amines is 1. The van der Waals surface area contributed by atoms with Gasteiger partial charge in [0.1, 0.15) is 0 Å². The molecule has 0 aliphatic rings. The molecule has 0 fully saturated rings. The molecule has 0 atom stereocenters. The number of rotatable bonds is 3. The summed E-state index contributed by atoms with van der Waals surface area (Å²) in [6, 6.07) is 16.4. The molecule has 3 rings (SSSR count). The lowest BCUT2D eigenvalue weighted by atomic mass is 10.0. The highest BCUT2D eigenvalue weighted by molar-refractivity contribution is 5.79. The second kappa shape index (κ2) is 4.89. The highest BCUT2D eigenvalue weighted by atomic mass is 15.5. The summed E-state index contributed by atoms with van der Waals surface area (Å²) in [5.41, 5.74) is 4.19. The van der Waals surface area contributed by atoms with E-state index in [1.807, 2.05) is 31.3 Å². The summed E-state index contributed by atoms with van der Waals surface area (Å²) >= 11 is 0. The van der Waals surface area contributed by atoms with Crippen LogP contribution in [-0.4, -0.2) is 27.7 Å². The van der Waals surface area contributed by atoms with E-state index in [1.165, 1.54) is 0 Å². The van der Waals surface area contributed by atoms with E-state index in [4.69, 9.17) is 0 Å². The van der Waals surface area contributed by atoms with Gasteiger partial charge in [-0.3, -0.25) is 0 Å². The maximum atomic E-state index is 4.04. The molecule has 0 spiro atoms. The first-order valence-electron chi connectivity index (χ1n) is 5.99. The van der Waals surface area contributed by atoms with Gasteiger partial charge in [0.25, 0.3) is 0 Å². The minimum atomic E-state index is 0.585. The van der Waals surface area contributed by atoms with E-state index in [9.17, 15) is 0 Å². The number of H-pyrrole nitrogens is 1. The Morgan fingerprint density at radius 2 is 1.84 bits per heavy atom. The molecule has 3 aromatic rings. The van der Waals surface area contributed by atoms with Crippen molar-refractivity contribution in [3.05, 3.63) is 48.5 Å². The van der Waals surface area contributed by atoms with Gasteiger partial charge in [-0.1, -0.05) is 36.4 Å². The Morgan fingerprint density at radius 1 is 1.00 bits per heavy atom. The number of benzene rings is 2. The van der Waals surface area contributed by atoms with E-state index in [-0.39, 0.29) is 0 Å². The van der Waals surface area contributed by atoms with Crippen LogP contribution < -0.4 is 5.32 Å². The Balaban J connectivity index is 2.13. The highest BCUT2D eigenvalue weighted by Crippen LogP contribution is 2.30. The molecule has 1 heterocycles. The molecule has 0 saturated carbocycles. The number of aromatic nitrogens is 4. The molecule has 0 radical (unpaired) electrons.